The summed E-state index contributed by atoms with van der Waals surface area (Å²) in [5, 5.41) is 0. The van der Waals surface area contributed by atoms with Crippen molar-refractivity contribution >= 4 is 21.9 Å². The Morgan fingerprint density at radius 3 is 2.60 bits per heavy atom. The fraction of sp³-hybridized carbons (Fsp3) is 0.333. The first-order valence-electron chi connectivity index (χ1n) is 5.40. The maximum atomic E-state index is 7.14. The van der Waals surface area contributed by atoms with Gasteiger partial charge in [0.15, 0.2) is 0 Å². The lowest BCUT2D eigenvalue weighted by molar-refractivity contribution is 0.994. The molecule has 4 heteroatoms. The van der Waals surface area contributed by atoms with Gasteiger partial charge in [-0.05, 0) is 15.9 Å². The minimum absolute atomic E-state index is 0.229. The molecule has 0 aliphatic rings. The summed E-state index contributed by atoms with van der Waals surface area (Å²) in [5.41, 5.74) is 0. The molecule has 1 aromatic heterocycles. The lowest BCUT2D eigenvalue weighted by Crippen LogP contribution is -2.11. The lowest BCUT2D eigenvalue weighted by atomic mass is 10.6. The van der Waals surface area contributed by atoms with Crippen molar-refractivity contribution in [1.82, 2.24) is 9.97 Å². The van der Waals surface area contributed by atoms with Crippen LogP contribution in [0.3, 0.4) is 0 Å². The highest BCUT2D eigenvalue weighted by molar-refractivity contribution is 9.10. The molecule has 0 aromatic carbocycles. The molecule has 1 heterocycles. The summed E-state index contributed by atoms with van der Waals surface area (Å²) in [7, 11) is 0. The maximum absolute atomic E-state index is 7.14. The highest BCUT2D eigenvalue weighted by atomic mass is 79.9. The topological polar surface area (TPSA) is 29.0 Å². The summed E-state index contributed by atoms with van der Waals surface area (Å²) in [5.74, 6) is -0.358. The van der Waals surface area contributed by atoms with Crippen LogP contribution >= 0.6 is 15.9 Å². The van der Waals surface area contributed by atoms with Gasteiger partial charge in [-0.1, -0.05) is 0 Å². The van der Waals surface area contributed by atoms with E-state index in [1.807, 2.05) is 0 Å². The normalized spacial score (nSPS) is 20.9. The molecule has 0 atom stereocenters. The standard InChI is InChI=1S/C6H8BrN3/c1-10(2)6-8-3-5(7)4-9-6/h3-4H,1-2H3/i1D3,2D3. The summed E-state index contributed by atoms with van der Waals surface area (Å²) >= 11 is 3.07. The summed E-state index contributed by atoms with van der Waals surface area (Å²) in [6, 6.07) is 0. The molecule has 54 valence electrons. The zero-order chi connectivity index (χ0) is 12.6. The molecule has 10 heavy (non-hydrogen) atoms. The third-order valence-electron chi connectivity index (χ3n) is 0.807. The number of halogens is 1. The summed E-state index contributed by atoms with van der Waals surface area (Å²) in [6.07, 6.45) is 2.57. The quantitative estimate of drug-likeness (QED) is 0.696. The molecule has 3 nitrogen and oxygen atoms in total. The van der Waals surface area contributed by atoms with Gasteiger partial charge in [0.05, 0.1) is 4.47 Å². The SMILES string of the molecule is [2H]C([2H])([2H])N(c1ncc(Br)cn1)C([2H])([2H])[2H]. The van der Waals surface area contributed by atoms with E-state index >= 15 is 0 Å². The third-order valence-corrected chi connectivity index (χ3v) is 1.22. The van der Waals surface area contributed by atoms with Crippen LogP contribution in [0.15, 0.2) is 16.9 Å². The number of nitrogens with zero attached hydrogens (tertiary/aromatic N) is 3. The monoisotopic (exact) mass is 207 g/mol. The molecule has 0 unspecified atom stereocenters. The molecule has 0 saturated carbocycles. The fourth-order valence-electron chi connectivity index (χ4n) is 0.421. The van der Waals surface area contributed by atoms with E-state index in [-0.39, 0.29) is 10.8 Å². The second-order valence-electron chi connectivity index (χ2n) is 1.54. The van der Waals surface area contributed by atoms with Gasteiger partial charge in [0.25, 0.3) is 0 Å². The maximum Gasteiger partial charge on any atom is 0.224 e. The van der Waals surface area contributed by atoms with E-state index in [0.29, 0.717) is 4.47 Å². The number of rotatable bonds is 1. The summed E-state index contributed by atoms with van der Waals surface area (Å²) in [6.45, 7) is -5.64. The van der Waals surface area contributed by atoms with E-state index < -0.39 is 14.0 Å². The number of aromatic nitrogens is 2. The Labute approximate surface area is 76.7 Å². The smallest absolute Gasteiger partial charge is 0.224 e. The van der Waals surface area contributed by atoms with Gasteiger partial charge in [-0.25, -0.2) is 9.97 Å². The molecule has 1 rings (SSSR count). The van der Waals surface area contributed by atoms with Crippen LogP contribution in [0.1, 0.15) is 8.22 Å². The van der Waals surface area contributed by atoms with Crippen molar-refractivity contribution < 1.29 is 8.22 Å². The minimum atomic E-state index is -2.82. The van der Waals surface area contributed by atoms with E-state index in [4.69, 9.17) is 8.22 Å². The van der Waals surface area contributed by atoms with Crippen molar-refractivity contribution in [3.63, 3.8) is 0 Å². The molecule has 0 saturated heterocycles. The van der Waals surface area contributed by atoms with Gasteiger partial charge in [0.1, 0.15) is 0 Å². The van der Waals surface area contributed by atoms with E-state index in [1.54, 1.807) is 0 Å². The Morgan fingerprint density at radius 1 is 1.50 bits per heavy atom. The van der Waals surface area contributed by atoms with Gasteiger partial charge in [-0.3, -0.25) is 0 Å². The fourth-order valence-corrected chi connectivity index (χ4v) is 0.626. The molecule has 0 amide bonds. The second-order valence-corrected chi connectivity index (χ2v) is 2.45. The Morgan fingerprint density at radius 2 is 2.10 bits per heavy atom. The average Bonchev–Trinajstić information content (AvgIpc) is 2.03. The van der Waals surface area contributed by atoms with Crippen molar-refractivity contribution in [2.45, 2.75) is 0 Å². The van der Waals surface area contributed by atoms with E-state index in [9.17, 15) is 0 Å². The van der Waals surface area contributed by atoms with Crippen LogP contribution in [0.4, 0.5) is 5.95 Å². The molecule has 0 spiro atoms. The summed E-state index contributed by atoms with van der Waals surface area (Å²) < 4.78 is 43.4. The Kier molecular flexibility index (Phi) is 0.822. The second kappa shape index (κ2) is 2.96. The third kappa shape index (κ3) is 1.67. The molecular formula is C6H8BrN3. The first-order chi connectivity index (χ1) is 7.12. The van der Waals surface area contributed by atoms with E-state index in [1.165, 1.54) is 12.4 Å². The van der Waals surface area contributed by atoms with Crippen LogP contribution in [0.5, 0.6) is 0 Å². The van der Waals surface area contributed by atoms with Crippen molar-refractivity contribution in [2.75, 3.05) is 18.9 Å². The van der Waals surface area contributed by atoms with Gasteiger partial charge in [0, 0.05) is 34.6 Å². The molecule has 0 bridgehead atoms. The number of hydrogen-bond acceptors (Lipinski definition) is 3. The van der Waals surface area contributed by atoms with Gasteiger partial charge in [-0.2, -0.15) is 0 Å². The van der Waals surface area contributed by atoms with E-state index in [0.717, 1.165) is 0 Å². The molecule has 0 radical (unpaired) electrons. The largest absolute Gasteiger partial charge is 0.347 e. The van der Waals surface area contributed by atoms with Crippen molar-refractivity contribution in [1.29, 1.82) is 0 Å². The molecule has 0 aliphatic carbocycles. The summed E-state index contributed by atoms with van der Waals surface area (Å²) in [4.78, 5) is 7.55. The first kappa shape index (κ1) is 2.77. The van der Waals surface area contributed by atoms with E-state index in [2.05, 4.69) is 25.9 Å². The highest BCUT2D eigenvalue weighted by Crippen LogP contribution is 2.07. The van der Waals surface area contributed by atoms with Crippen LogP contribution in [-0.4, -0.2) is 23.9 Å². The van der Waals surface area contributed by atoms with Crippen molar-refractivity contribution in [3.05, 3.63) is 16.9 Å². The number of anilines is 1. The molecule has 0 fully saturated rings. The molecule has 0 aliphatic heterocycles. The Bertz CT molecular complexity index is 344. The average molecular weight is 208 g/mol. The van der Waals surface area contributed by atoms with Gasteiger partial charge in [-0.15, -0.1) is 0 Å². The van der Waals surface area contributed by atoms with Crippen LogP contribution < -0.4 is 4.90 Å². The molecule has 0 N–H and O–H groups in total. The highest BCUT2D eigenvalue weighted by Gasteiger charge is 1.95. The van der Waals surface area contributed by atoms with Crippen LogP contribution in [0, 0.1) is 0 Å². The van der Waals surface area contributed by atoms with Crippen molar-refractivity contribution in [2.24, 2.45) is 0 Å². The van der Waals surface area contributed by atoms with Crippen LogP contribution in [-0.2, 0) is 0 Å². The molecule has 1 aromatic rings. The zero-order valence-corrected chi connectivity index (χ0v) is 6.46. The van der Waals surface area contributed by atoms with Gasteiger partial charge in [0.2, 0.25) is 5.95 Å². The van der Waals surface area contributed by atoms with Gasteiger partial charge >= 0.3 is 0 Å². The van der Waals surface area contributed by atoms with Crippen LogP contribution in [0.25, 0.3) is 0 Å². The Hall–Kier alpha value is -0.640. The lowest BCUT2D eigenvalue weighted by Gasteiger charge is -2.07. The Balaban J connectivity index is 3.18. The minimum Gasteiger partial charge on any atom is -0.347 e. The zero-order valence-electron chi connectivity index (χ0n) is 10.9. The predicted molar refractivity (Wildman–Crippen MR) is 44.1 cm³/mol. The molecular weight excluding hydrogens is 194 g/mol. The van der Waals surface area contributed by atoms with Crippen LogP contribution in [0.2, 0.25) is 0 Å². The van der Waals surface area contributed by atoms with Crippen molar-refractivity contribution in [3.8, 4) is 0 Å². The van der Waals surface area contributed by atoms with Gasteiger partial charge < -0.3 is 4.90 Å². The first-order valence-corrected chi connectivity index (χ1v) is 3.19. The predicted octanol–water partition coefficient (Wildman–Crippen LogP) is 1.31. The number of hydrogen-bond donors (Lipinski definition) is 0.